The number of fused-ring (bicyclic) bond motifs is 1. The zero-order valence-corrected chi connectivity index (χ0v) is 12.1. The molecule has 1 aromatic carbocycles. The molecule has 1 aromatic rings. The zero-order valence-electron chi connectivity index (χ0n) is 10.5. The first-order valence-electron chi connectivity index (χ1n) is 5.76. The van der Waals surface area contributed by atoms with Crippen LogP contribution in [0.25, 0.3) is 0 Å². The Hall–Kier alpha value is -1.54. The summed E-state index contributed by atoms with van der Waals surface area (Å²) >= 11 is 5.56. The van der Waals surface area contributed by atoms with Crippen molar-refractivity contribution in [3.05, 3.63) is 22.2 Å². The molecule has 0 spiro atoms. The highest BCUT2D eigenvalue weighted by atomic mass is 35.5. The van der Waals surface area contributed by atoms with Crippen molar-refractivity contribution in [2.45, 2.75) is 17.1 Å². The van der Waals surface area contributed by atoms with Crippen molar-refractivity contribution in [3.63, 3.8) is 0 Å². The lowest BCUT2D eigenvalue weighted by atomic mass is 10.2. The monoisotopic (exact) mass is 321 g/mol. The van der Waals surface area contributed by atoms with Crippen LogP contribution in [0.3, 0.4) is 0 Å². The number of sulfone groups is 1. The minimum Gasteiger partial charge on any atom is -0.486 e. The maximum atomic E-state index is 12.3. The molecule has 0 saturated carbocycles. The Morgan fingerprint density at radius 2 is 1.90 bits per heavy atom. The van der Waals surface area contributed by atoms with Crippen LogP contribution in [-0.2, 0) is 9.84 Å². The van der Waals surface area contributed by atoms with Gasteiger partial charge >= 0.3 is 0 Å². The van der Waals surface area contributed by atoms with Gasteiger partial charge in [-0.2, -0.15) is 0 Å². The second-order valence-electron chi connectivity index (χ2n) is 4.23. The summed E-state index contributed by atoms with van der Waals surface area (Å²) in [5, 5.41) is 10.1. The predicted molar refractivity (Wildman–Crippen MR) is 71.5 cm³/mol. The first kappa shape index (κ1) is 14.9. The molecule has 1 atom stereocenters. The Kier molecular flexibility index (Phi) is 4.05. The number of nitro benzene ring substituents is 1. The summed E-state index contributed by atoms with van der Waals surface area (Å²) in [6.45, 7) is 1.91. The normalized spacial score (nSPS) is 15.7. The minimum absolute atomic E-state index is 0.159. The summed E-state index contributed by atoms with van der Waals surface area (Å²) in [6.07, 6.45) is 0. The number of benzene rings is 1. The van der Waals surface area contributed by atoms with E-state index in [0.29, 0.717) is 0 Å². The molecule has 1 aliphatic rings. The van der Waals surface area contributed by atoms with E-state index in [2.05, 4.69) is 0 Å². The van der Waals surface area contributed by atoms with Crippen molar-refractivity contribution in [3.8, 4) is 11.5 Å². The molecule has 1 aliphatic heterocycles. The molecule has 0 radical (unpaired) electrons. The smallest absolute Gasteiger partial charge is 0.291 e. The average Bonchev–Trinajstić information content (AvgIpc) is 2.44. The fourth-order valence-electron chi connectivity index (χ4n) is 1.73. The summed E-state index contributed by atoms with van der Waals surface area (Å²) < 4.78 is 35.1. The SMILES string of the molecule is CC(CCl)S(=O)(=O)c1cc2c(cc1[N+](=O)[O-])OCCO2. The Balaban J connectivity index is 2.65. The van der Waals surface area contributed by atoms with Crippen molar-refractivity contribution in [2.75, 3.05) is 19.1 Å². The molecule has 1 unspecified atom stereocenters. The van der Waals surface area contributed by atoms with Gasteiger partial charge in [0.2, 0.25) is 0 Å². The molecule has 110 valence electrons. The molecular formula is C11H12ClNO6S. The van der Waals surface area contributed by atoms with Gasteiger partial charge in [0.1, 0.15) is 18.1 Å². The van der Waals surface area contributed by atoms with E-state index in [4.69, 9.17) is 21.1 Å². The van der Waals surface area contributed by atoms with Crippen LogP contribution in [0.1, 0.15) is 6.92 Å². The average molecular weight is 322 g/mol. The highest BCUT2D eigenvalue weighted by Crippen LogP contribution is 2.39. The van der Waals surface area contributed by atoms with Crippen molar-refractivity contribution in [1.29, 1.82) is 0 Å². The Labute approximate surface area is 120 Å². The summed E-state index contributed by atoms with van der Waals surface area (Å²) in [4.78, 5) is 9.92. The van der Waals surface area contributed by atoms with E-state index in [1.54, 1.807) is 0 Å². The summed E-state index contributed by atoms with van der Waals surface area (Å²) in [5.74, 6) is 0.191. The molecule has 0 aliphatic carbocycles. The van der Waals surface area contributed by atoms with E-state index < -0.39 is 30.6 Å². The van der Waals surface area contributed by atoms with Crippen molar-refractivity contribution < 1.29 is 22.8 Å². The molecular weight excluding hydrogens is 310 g/mol. The summed E-state index contributed by atoms with van der Waals surface area (Å²) in [5.41, 5.74) is -0.536. The Bertz CT molecular complexity index is 645. The second-order valence-corrected chi connectivity index (χ2v) is 6.87. The van der Waals surface area contributed by atoms with Crippen LogP contribution in [0.4, 0.5) is 5.69 Å². The third-order valence-electron chi connectivity index (χ3n) is 2.87. The first-order chi connectivity index (χ1) is 9.37. The number of halogens is 1. The summed E-state index contributed by atoms with van der Waals surface area (Å²) in [6, 6.07) is 2.20. The Morgan fingerprint density at radius 3 is 2.40 bits per heavy atom. The number of alkyl halides is 1. The molecule has 20 heavy (non-hydrogen) atoms. The van der Waals surface area contributed by atoms with Gasteiger partial charge in [0.25, 0.3) is 5.69 Å². The van der Waals surface area contributed by atoms with E-state index in [1.807, 2.05) is 0 Å². The lowest BCUT2D eigenvalue weighted by Crippen LogP contribution is -2.22. The molecule has 1 heterocycles. The topological polar surface area (TPSA) is 95.7 Å². The molecule has 2 rings (SSSR count). The number of nitro groups is 1. The van der Waals surface area contributed by atoms with Crippen LogP contribution in [0.15, 0.2) is 17.0 Å². The third kappa shape index (κ3) is 2.53. The van der Waals surface area contributed by atoms with Gasteiger partial charge in [0.15, 0.2) is 21.3 Å². The maximum Gasteiger partial charge on any atom is 0.291 e. The zero-order chi connectivity index (χ0) is 14.9. The van der Waals surface area contributed by atoms with Crippen LogP contribution in [0, 0.1) is 10.1 Å². The van der Waals surface area contributed by atoms with E-state index in [0.717, 1.165) is 12.1 Å². The van der Waals surface area contributed by atoms with Gasteiger partial charge in [-0.05, 0) is 6.92 Å². The minimum atomic E-state index is -3.91. The number of rotatable bonds is 4. The quantitative estimate of drug-likeness (QED) is 0.476. The van der Waals surface area contributed by atoms with Gasteiger partial charge in [0, 0.05) is 11.9 Å². The summed E-state index contributed by atoms with van der Waals surface area (Å²) in [7, 11) is -3.91. The highest BCUT2D eigenvalue weighted by molar-refractivity contribution is 7.92. The molecule has 0 aromatic heterocycles. The fraction of sp³-hybridized carbons (Fsp3) is 0.455. The van der Waals surface area contributed by atoms with Gasteiger partial charge in [-0.3, -0.25) is 10.1 Å². The van der Waals surface area contributed by atoms with Crippen LogP contribution in [0.2, 0.25) is 0 Å². The standard InChI is InChI=1S/C11H12ClNO6S/c1-7(6-12)20(16,17)11-5-10-9(18-2-3-19-10)4-8(11)13(14)15/h4-5,7H,2-3,6H2,1H3. The van der Waals surface area contributed by atoms with Crippen molar-refractivity contribution in [1.82, 2.24) is 0 Å². The largest absolute Gasteiger partial charge is 0.486 e. The van der Waals surface area contributed by atoms with Gasteiger partial charge in [-0.15, -0.1) is 11.6 Å². The van der Waals surface area contributed by atoms with Gasteiger partial charge in [0.05, 0.1) is 16.2 Å². The van der Waals surface area contributed by atoms with E-state index >= 15 is 0 Å². The molecule has 0 saturated heterocycles. The lowest BCUT2D eigenvalue weighted by molar-refractivity contribution is -0.388. The second kappa shape index (κ2) is 5.45. The number of hydrogen-bond acceptors (Lipinski definition) is 6. The molecule has 0 bridgehead atoms. The predicted octanol–water partition coefficient (Wildman–Crippen LogP) is 1.77. The molecule has 0 fully saturated rings. The third-order valence-corrected chi connectivity index (χ3v) is 5.69. The number of nitrogens with zero attached hydrogens (tertiary/aromatic N) is 1. The van der Waals surface area contributed by atoms with E-state index in [1.165, 1.54) is 6.92 Å². The molecule has 9 heteroatoms. The first-order valence-corrected chi connectivity index (χ1v) is 7.84. The van der Waals surface area contributed by atoms with Gasteiger partial charge in [-0.1, -0.05) is 0 Å². The number of ether oxygens (including phenoxy) is 2. The highest BCUT2D eigenvalue weighted by Gasteiger charge is 2.33. The Morgan fingerprint density at radius 1 is 1.35 bits per heavy atom. The molecule has 7 nitrogen and oxygen atoms in total. The van der Waals surface area contributed by atoms with Gasteiger partial charge < -0.3 is 9.47 Å². The lowest BCUT2D eigenvalue weighted by Gasteiger charge is -2.19. The fourth-order valence-corrected chi connectivity index (χ4v) is 3.52. The van der Waals surface area contributed by atoms with Crippen molar-refractivity contribution >= 4 is 27.1 Å². The van der Waals surface area contributed by atoms with Crippen molar-refractivity contribution in [2.24, 2.45) is 0 Å². The number of hydrogen-bond donors (Lipinski definition) is 0. The molecule has 0 amide bonds. The maximum absolute atomic E-state index is 12.3. The van der Waals surface area contributed by atoms with Crippen LogP contribution < -0.4 is 9.47 Å². The van der Waals surface area contributed by atoms with E-state index in [-0.39, 0.29) is 30.6 Å². The van der Waals surface area contributed by atoms with Crippen LogP contribution >= 0.6 is 11.6 Å². The van der Waals surface area contributed by atoms with Gasteiger partial charge in [-0.25, -0.2) is 8.42 Å². The van der Waals surface area contributed by atoms with E-state index in [9.17, 15) is 18.5 Å². The van der Waals surface area contributed by atoms with Crippen LogP contribution in [-0.4, -0.2) is 37.7 Å². The molecule has 0 N–H and O–H groups in total. The van der Waals surface area contributed by atoms with Crippen LogP contribution in [0.5, 0.6) is 11.5 Å².